The minimum atomic E-state index is -0.00227. The molecule has 1 fully saturated rings. The van der Waals surface area contributed by atoms with Crippen LogP contribution in [-0.2, 0) is 7.05 Å². The van der Waals surface area contributed by atoms with E-state index in [1.165, 1.54) is 0 Å². The van der Waals surface area contributed by atoms with E-state index < -0.39 is 0 Å². The summed E-state index contributed by atoms with van der Waals surface area (Å²) in [6.07, 6.45) is 3.91. The van der Waals surface area contributed by atoms with Gasteiger partial charge in [0.05, 0.1) is 17.4 Å². The number of nitrogens with zero attached hydrogens (tertiary/aromatic N) is 2. The summed E-state index contributed by atoms with van der Waals surface area (Å²) in [5.74, 6) is -0.00227. The van der Waals surface area contributed by atoms with Crippen molar-refractivity contribution in [2.45, 2.75) is 25.3 Å². The number of imidazole rings is 1. The molecule has 0 saturated heterocycles. The lowest BCUT2D eigenvalue weighted by Crippen LogP contribution is -2.34. The van der Waals surface area contributed by atoms with E-state index in [4.69, 9.17) is 0 Å². The molecular weight excluding hydrogens is 214 g/mol. The number of hydrogen-bond donors (Lipinski definition) is 1. The van der Waals surface area contributed by atoms with Gasteiger partial charge in [-0.2, -0.15) is 0 Å². The number of rotatable bonds is 2. The Morgan fingerprint density at radius 1 is 1.47 bits per heavy atom. The second-order valence-corrected chi connectivity index (χ2v) is 5.07. The molecule has 4 heteroatoms. The molecule has 1 heterocycles. The SMILES string of the molecule is Cn1cnc2cc(C(=O)NC3(C)CC3)ccc21. The number of carbonyl (C=O) groups excluding carboxylic acids is 1. The maximum absolute atomic E-state index is 12.0. The van der Waals surface area contributed by atoms with Crippen molar-refractivity contribution in [3.8, 4) is 0 Å². The first kappa shape index (κ1) is 10.3. The molecule has 0 bridgehead atoms. The maximum atomic E-state index is 12.0. The molecule has 1 amide bonds. The molecule has 1 N–H and O–H groups in total. The Bertz CT molecular complexity index is 596. The van der Waals surface area contributed by atoms with Crippen molar-refractivity contribution in [1.82, 2.24) is 14.9 Å². The predicted molar refractivity (Wildman–Crippen MR) is 65.8 cm³/mol. The Morgan fingerprint density at radius 2 is 2.24 bits per heavy atom. The van der Waals surface area contributed by atoms with Crippen LogP contribution in [0, 0.1) is 0 Å². The highest BCUT2D eigenvalue weighted by Gasteiger charge is 2.38. The number of hydrogen-bond acceptors (Lipinski definition) is 2. The van der Waals surface area contributed by atoms with Crippen LogP contribution in [0.2, 0.25) is 0 Å². The number of aromatic nitrogens is 2. The second kappa shape index (κ2) is 3.32. The number of fused-ring (bicyclic) bond motifs is 1. The normalized spacial score (nSPS) is 17.1. The molecule has 0 atom stereocenters. The van der Waals surface area contributed by atoms with Gasteiger partial charge >= 0.3 is 0 Å². The molecule has 1 saturated carbocycles. The third-order valence-corrected chi connectivity index (χ3v) is 3.40. The number of carbonyl (C=O) groups is 1. The van der Waals surface area contributed by atoms with Crippen LogP contribution in [0.15, 0.2) is 24.5 Å². The molecular formula is C13H15N3O. The molecule has 1 aliphatic carbocycles. The van der Waals surface area contributed by atoms with Crippen LogP contribution in [0.3, 0.4) is 0 Å². The van der Waals surface area contributed by atoms with E-state index in [2.05, 4.69) is 17.2 Å². The standard InChI is InChI=1S/C13H15N3O/c1-13(5-6-13)15-12(17)9-3-4-11-10(7-9)14-8-16(11)2/h3-4,7-8H,5-6H2,1-2H3,(H,15,17). The highest BCUT2D eigenvalue weighted by molar-refractivity contribution is 5.97. The molecule has 0 radical (unpaired) electrons. The fourth-order valence-electron chi connectivity index (χ4n) is 1.94. The van der Waals surface area contributed by atoms with Crippen molar-refractivity contribution in [1.29, 1.82) is 0 Å². The fraction of sp³-hybridized carbons (Fsp3) is 0.385. The van der Waals surface area contributed by atoms with Crippen molar-refractivity contribution in [2.75, 3.05) is 0 Å². The van der Waals surface area contributed by atoms with Gasteiger partial charge in [-0.25, -0.2) is 4.98 Å². The quantitative estimate of drug-likeness (QED) is 0.854. The Morgan fingerprint density at radius 3 is 2.94 bits per heavy atom. The van der Waals surface area contributed by atoms with Gasteiger partial charge in [0.25, 0.3) is 5.91 Å². The summed E-state index contributed by atoms with van der Waals surface area (Å²) in [4.78, 5) is 16.3. The van der Waals surface area contributed by atoms with Crippen LogP contribution in [0.4, 0.5) is 0 Å². The predicted octanol–water partition coefficient (Wildman–Crippen LogP) is 1.86. The zero-order chi connectivity index (χ0) is 12.0. The van der Waals surface area contributed by atoms with Crippen LogP contribution in [-0.4, -0.2) is 21.0 Å². The van der Waals surface area contributed by atoms with E-state index in [0.717, 1.165) is 23.9 Å². The van der Waals surface area contributed by atoms with Crippen molar-refractivity contribution in [3.05, 3.63) is 30.1 Å². The molecule has 88 valence electrons. The van der Waals surface area contributed by atoms with E-state index in [1.807, 2.05) is 29.8 Å². The number of amides is 1. The summed E-state index contributed by atoms with van der Waals surface area (Å²) in [6, 6.07) is 5.63. The van der Waals surface area contributed by atoms with E-state index in [-0.39, 0.29) is 11.4 Å². The molecule has 3 rings (SSSR count). The van der Waals surface area contributed by atoms with Gasteiger partial charge < -0.3 is 9.88 Å². The first-order valence-electron chi connectivity index (χ1n) is 5.81. The number of nitrogens with one attached hydrogen (secondary N) is 1. The third kappa shape index (κ3) is 1.79. The lowest BCUT2D eigenvalue weighted by atomic mass is 10.1. The molecule has 0 spiro atoms. The maximum Gasteiger partial charge on any atom is 0.251 e. The molecule has 17 heavy (non-hydrogen) atoms. The van der Waals surface area contributed by atoms with Crippen molar-refractivity contribution in [2.24, 2.45) is 7.05 Å². The van der Waals surface area contributed by atoms with Crippen LogP contribution >= 0.6 is 0 Å². The Balaban J connectivity index is 1.92. The summed E-state index contributed by atoms with van der Waals surface area (Å²) in [6.45, 7) is 2.07. The average Bonchev–Trinajstić information content (AvgIpc) is 2.91. The smallest absolute Gasteiger partial charge is 0.251 e. The molecule has 2 aromatic rings. The molecule has 1 aromatic heterocycles. The topological polar surface area (TPSA) is 46.9 Å². The minimum Gasteiger partial charge on any atom is -0.347 e. The Labute approximate surface area is 99.6 Å². The molecule has 1 aromatic carbocycles. The average molecular weight is 229 g/mol. The number of benzene rings is 1. The zero-order valence-electron chi connectivity index (χ0n) is 10.0. The van der Waals surface area contributed by atoms with Gasteiger partial charge in [-0.1, -0.05) is 0 Å². The zero-order valence-corrected chi connectivity index (χ0v) is 10.0. The highest BCUT2D eigenvalue weighted by atomic mass is 16.1. The summed E-state index contributed by atoms with van der Waals surface area (Å²) in [7, 11) is 1.94. The fourth-order valence-corrected chi connectivity index (χ4v) is 1.94. The molecule has 1 aliphatic rings. The first-order chi connectivity index (χ1) is 8.07. The Hall–Kier alpha value is -1.84. The second-order valence-electron chi connectivity index (χ2n) is 5.07. The van der Waals surface area contributed by atoms with Crippen LogP contribution in [0.25, 0.3) is 11.0 Å². The minimum absolute atomic E-state index is 0.00227. The van der Waals surface area contributed by atoms with Crippen molar-refractivity contribution >= 4 is 16.9 Å². The van der Waals surface area contributed by atoms with Crippen LogP contribution in [0.5, 0.6) is 0 Å². The molecule has 4 nitrogen and oxygen atoms in total. The first-order valence-corrected chi connectivity index (χ1v) is 5.81. The molecule has 0 aliphatic heterocycles. The molecule has 0 unspecified atom stereocenters. The summed E-state index contributed by atoms with van der Waals surface area (Å²) in [5, 5.41) is 3.04. The van der Waals surface area contributed by atoms with Crippen molar-refractivity contribution in [3.63, 3.8) is 0 Å². The van der Waals surface area contributed by atoms with Gasteiger partial charge in [0.2, 0.25) is 0 Å². The van der Waals surface area contributed by atoms with Gasteiger partial charge in [0.1, 0.15) is 0 Å². The van der Waals surface area contributed by atoms with E-state index in [9.17, 15) is 4.79 Å². The van der Waals surface area contributed by atoms with Gasteiger partial charge in [-0.3, -0.25) is 4.79 Å². The van der Waals surface area contributed by atoms with E-state index >= 15 is 0 Å². The van der Waals surface area contributed by atoms with Gasteiger partial charge in [-0.05, 0) is 38.0 Å². The van der Waals surface area contributed by atoms with E-state index in [0.29, 0.717) is 5.56 Å². The lowest BCUT2D eigenvalue weighted by molar-refractivity contribution is 0.0935. The summed E-state index contributed by atoms with van der Waals surface area (Å²) < 4.78 is 1.94. The highest BCUT2D eigenvalue weighted by Crippen LogP contribution is 2.34. The van der Waals surface area contributed by atoms with Gasteiger partial charge in [0, 0.05) is 18.2 Å². The monoisotopic (exact) mass is 229 g/mol. The van der Waals surface area contributed by atoms with Crippen LogP contribution in [0.1, 0.15) is 30.1 Å². The summed E-state index contributed by atoms with van der Waals surface area (Å²) >= 11 is 0. The van der Waals surface area contributed by atoms with Gasteiger partial charge in [-0.15, -0.1) is 0 Å². The largest absolute Gasteiger partial charge is 0.347 e. The van der Waals surface area contributed by atoms with E-state index in [1.54, 1.807) is 6.33 Å². The number of aryl methyl sites for hydroxylation is 1. The summed E-state index contributed by atoms with van der Waals surface area (Å²) in [5.41, 5.74) is 2.61. The van der Waals surface area contributed by atoms with Crippen molar-refractivity contribution < 1.29 is 4.79 Å². The van der Waals surface area contributed by atoms with Crippen LogP contribution < -0.4 is 5.32 Å². The lowest BCUT2D eigenvalue weighted by Gasteiger charge is -2.11. The Kier molecular flexibility index (Phi) is 2.02. The third-order valence-electron chi connectivity index (χ3n) is 3.40. The van der Waals surface area contributed by atoms with Gasteiger partial charge in [0.15, 0.2) is 0 Å².